The Labute approximate surface area is 118 Å². The van der Waals surface area contributed by atoms with Gasteiger partial charge in [0, 0.05) is 24.8 Å². The van der Waals surface area contributed by atoms with Crippen LogP contribution in [0.1, 0.15) is 25.0 Å². The second kappa shape index (κ2) is 6.48. The molecule has 0 aliphatic rings. The van der Waals surface area contributed by atoms with Crippen LogP contribution in [0.2, 0.25) is 0 Å². The minimum atomic E-state index is -0.266. The predicted octanol–water partition coefficient (Wildman–Crippen LogP) is 3.82. The van der Waals surface area contributed by atoms with Gasteiger partial charge in [-0.05, 0) is 42.3 Å². The molecular weight excluding hydrogens is 255 g/mol. The van der Waals surface area contributed by atoms with Crippen LogP contribution < -0.4 is 10.1 Å². The van der Waals surface area contributed by atoms with Gasteiger partial charge < -0.3 is 10.1 Å². The summed E-state index contributed by atoms with van der Waals surface area (Å²) in [4.78, 5) is 4.18. The van der Waals surface area contributed by atoms with Crippen LogP contribution in [-0.2, 0) is 6.54 Å². The summed E-state index contributed by atoms with van der Waals surface area (Å²) in [6.07, 6.45) is 1.71. The smallest absolute Gasteiger partial charge is 0.219 e. The standard InChI is InChI=1S/C16H19FN2O/c1-11(2)19-10-13-6-7-18-16(9-13)20-15-5-4-14(17)8-12(15)3/h4-9,11,19H,10H2,1-3H3. The summed E-state index contributed by atoms with van der Waals surface area (Å²) >= 11 is 0. The normalized spacial score (nSPS) is 10.8. The number of pyridine rings is 1. The van der Waals surface area contributed by atoms with Gasteiger partial charge in [-0.25, -0.2) is 9.37 Å². The molecular formula is C16H19FN2O. The predicted molar refractivity (Wildman–Crippen MR) is 77.4 cm³/mol. The lowest BCUT2D eigenvalue weighted by Crippen LogP contribution is -2.21. The highest BCUT2D eigenvalue weighted by Crippen LogP contribution is 2.24. The molecule has 1 N–H and O–H groups in total. The number of aromatic nitrogens is 1. The van der Waals surface area contributed by atoms with E-state index in [9.17, 15) is 4.39 Å². The lowest BCUT2D eigenvalue weighted by atomic mass is 10.2. The van der Waals surface area contributed by atoms with E-state index in [0.717, 1.165) is 17.7 Å². The van der Waals surface area contributed by atoms with E-state index < -0.39 is 0 Å². The van der Waals surface area contributed by atoms with Crippen molar-refractivity contribution >= 4 is 0 Å². The van der Waals surface area contributed by atoms with Gasteiger partial charge in [0.2, 0.25) is 5.88 Å². The van der Waals surface area contributed by atoms with E-state index in [1.165, 1.54) is 12.1 Å². The Hall–Kier alpha value is -1.94. The van der Waals surface area contributed by atoms with Crippen molar-refractivity contribution < 1.29 is 9.13 Å². The second-order valence-corrected chi connectivity index (χ2v) is 5.05. The number of nitrogens with zero attached hydrogens (tertiary/aromatic N) is 1. The van der Waals surface area contributed by atoms with E-state index in [4.69, 9.17) is 4.74 Å². The van der Waals surface area contributed by atoms with Crippen LogP contribution in [0.3, 0.4) is 0 Å². The topological polar surface area (TPSA) is 34.1 Å². The van der Waals surface area contributed by atoms with E-state index in [2.05, 4.69) is 24.1 Å². The van der Waals surface area contributed by atoms with Gasteiger partial charge in [-0.3, -0.25) is 0 Å². The van der Waals surface area contributed by atoms with Crippen LogP contribution in [0, 0.1) is 12.7 Å². The Balaban J connectivity index is 2.11. The highest BCUT2D eigenvalue weighted by Gasteiger charge is 2.05. The fourth-order valence-corrected chi connectivity index (χ4v) is 1.78. The number of hydrogen-bond acceptors (Lipinski definition) is 3. The quantitative estimate of drug-likeness (QED) is 0.900. The minimum Gasteiger partial charge on any atom is -0.439 e. The van der Waals surface area contributed by atoms with Gasteiger partial charge in [-0.2, -0.15) is 0 Å². The summed E-state index contributed by atoms with van der Waals surface area (Å²) < 4.78 is 18.8. The molecule has 0 amide bonds. The molecule has 0 atom stereocenters. The monoisotopic (exact) mass is 274 g/mol. The zero-order valence-corrected chi connectivity index (χ0v) is 12.0. The molecule has 1 aromatic carbocycles. The molecule has 1 heterocycles. The van der Waals surface area contributed by atoms with Crippen LogP contribution in [-0.4, -0.2) is 11.0 Å². The zero-order chi connectivity index (χ0) is 14.5. The second-order valence-electron chi connectivity index (χ2n) is 5.05. The molecule has 0 aliphatic heterocycles. The van der Waals surface area contributed by atoms with Gasteiger partial charge in [0.25, 0.3) is 0 Å². The van der Waals surface area contributed by atoms with E-state index in [-0.39, 0.29) is 5.82 Å². The molecule has 0 bridgehead atoms. The molecule has 106 valence electrons. The van der Waals surface area contributed by atoms with Crippen molar-refractivity contribution in [1.29, 1.82) is 0 Å². The average Bonchev–Trinajstić information content (AvgIpc) is 2.40. The first-order valence-electron chi connectivity index (χ1n) is 6.67. The highest BCUT2D eigenvalue weighted by molar-refractivity contribution is 5.36. The SMILES string of the molecule is Cc1cc(F)ccc1Oc1cc(CNC(C)C)ccn1. The maximum atomic E-state index is 13.0. The van der Waals surface area contributed by atoms with Crippen LogP contribution in [0.15, 0.2) is 36.5 Å². The third-order valence-corrected chi connectivity index (χ3v) is 2.87. The number of hydrogen-bond donors (Lipinski definition) is 1. The van der Waals surface area contributed by atoms with Gasteiger partial charge in [0.1, 0.15) is 11.6 Å². The van der Waals surface area contributed by atoms with Crippen LogP contribution in [0.5, 0.6) is 11.6 Å². The average molecular weight is 274 g/mol. The summed E-state index contributed by atoms with van der Waals surface area (Å²) in [7, 11) is 0. The lowest BCUT2D eigenvalue weighted by molar-refractivity contribution is 0.456. The summed E-state index contributed by atoms with van der Waals surface area (Å²) in [5, 5.41) is 3.34. The first kappa shape index (κ1) is 14.5. The number of nitrogens with one attached hydrogen (secondary N) is 1. The van der Waals surface area contributed by atoms with E-state index in [0.29, 0.717) is 17.7 Å². The Morgan fingerprint density at radius 3 is 2.75 bits per heavy atom. The molecule has 1 aromatic heterocycles. The van der Waals surface area contributed by atoms with E-state index >= 15 is 0 Å². The largest absolute Gasteiger partial charge is 0.439 e. The molecule has 20 heavy (non-hydrogen) atoms. The molecule has 0 saturated carbocycles. The van der Waals surface area contributed by atoms with Crippen LogP contribution in [0.25, 0.3) is 0 Å². The fraction of sp³-hybridized carbons (Fsp3) is 0.312. The maximum absolute atomic E-state index is 13.0. The Morgan fingerprint density at radius 2 is 2.05 bits per heavy atom. The fourth-order valence-electron chi connectivity index (χ4n) is 1.78. The molecule has 0 fully saturated rings. The third-order valence-electron chi connectivity index (χ3n) is 2.87. The molecule has 0 saturated heterocycles. The van der Waals surface area contributed by atoms with Crippen molar-refractivity contribution in [3.63, 3.8) is 0 Å². The molecule has 0 radical (unpaired) electrons. The Kier molecular flexibility index (Phi) is 4.69. The first-order chi connectivity index (χ1) is 9.54. The molecule has 0 aliphatic carbocycles. The van der Waals surface area contributed by atoms with Crippen molar-refractivity contribution in [2.45, 2.75) is 33.4 Å². The first-order valence-corrected chi connectivity index (χ1v) is 6.67. The summed E-state index contributed by atoms with van der Waals surface area (Å²) in [5.41, 5.74) is 1.85. The zero-order valence-electron chi connectivity index (χ0n) is 12.0. The van der Waals surface area contributed by atoms with Crippen LogP contribution in [0.4, 0.5) is 4.39 Å². The highest BCUT2D eigenvalue weighted by atomic mass is 19.1. The van der Waals surface area contributed by atoms with Crippen LogP contribution >= 0.6 is 0 Å². The molecule has 2 aromatic rings. The van der Waals surface area contributed by atoms with Gasteiger partial charge in [-0.15, -0.1) is 0 Å². The van der Waals surface area contributed by atoms with Gasteiger partial charge in [0.15, 0.2) is 0 Å². The summed E-state index contributed by atoms with van der Waals surface area (Å²) in [6.45, 7) is 6.77. The molecule has 0 unspecified atom stereocenters. The molecule has 0 spiro atoms. The molecule has 2 rings (SSSR count). The molecule has 3 nitrogen and oxygen atoms in total. The van der Waals surface area contributed by atoms with Crippen molar-refractivity contribution in [1.82, 2.24) is 10.3 Å². The number of ether oxygens (including phenoxy) is 1. The number of halogens is 1. The summed E-state index contributed by atoms with van der Waals surface area (Å²) in [6, 6.07) is 8.70. The van der Waals surface area contributed by atoms with Crippen molar-refractivity contribution in [2.24, 2.45) is 0 Å². The number of benzene rings is 1. The molecule has 4 heteroatoms. The van der Waals surface area contributed by atoms with E-state index in [1.807, 2.05) is 19.1 Å². The van der Waals surface area contributed by atoms with Gasteiger partial charge in [0.05, 0.1) is 0 Å². The number of rotatable bonds is 5. The van der Waals surface area contributed by atoms with Crippen molar-refractivity contribution in [3.8, 4) is 11.6 Å². The maximum Gasteiger partial charge on any atom is 0.219 e. The van der Waals surface area contributed by atoms with E-state index in [1.54, 1.807) is 12.3 Å². The summed E-state index contributed by atoms with van der Waals surface area (Å²) in [5.74, 6) is 0.869. The van der Waals surface area contributed by atoms with Gasteiger partial charge in [-0.1, -0.05) is 13.8 Å². The Morgan fingerprint density at radius 1 is 1.25 bits per heavy atom. The Bertz CT molecular complexity index is 584. The lowest BCUT2D eigenvalue weighted by Gasteiger charge is -2.10. The van der Waals surface area contributed by atoms with Crippen molar-refractivity contribution in [2.75, 3.05) is 0 Å². The third kappa shape index (κ3) is 4.03. The van der Waals surface area contributed by atoms with Gasteiger partial charge >= 0.3 is 0 Å². The number of aryl methyl sites for hydroxylation is 1. The minimum absolute atomic E-state index is 0.266. The van der Waals surface area contributed by atoms with Crippen molar-refractivity contribution in [3.05, 3.63) is 53.5 Å².